The molecule has 0 bridgehead atoms. The largest absolute Gasteiger partial charge is 0.361 e. The molecule has 74 valence electrons. The number of hydrogen-bond donors (Lipinski definition) is 1. The molecule has 1 aromatic carbocycles. The van der Waals surface area contributed by atoms with Gasteiger partial charge in [-0.25, -0.2) is 0 Å². The molecule has 0 spiro atoms. The Morgan fingerprint density at radius 2 is 2.13 bits per heavy atom. The maximum Gasteiger partial charge on any atom is 0.0679 e. The van der Waals surface area contributed by atoms with Crippen LogP contribution in [0.1, 0.15) is 0 Å². The minimum atomic E-state index is 1.13. The lowest BCUT2D eigenvalue weighted by atomic mass is 10.1. The first-order valence-electron chi connectivity index (χ1n) is 4.90. The molecule has 0 atom stereocenters. The molecule has 0 unspecified atom stereocenters. The van der Waals surface area contributed by atoms with Crippen molar-refractivity contribution in [3.05, 3.63) is 42.7 Å². The predicted molar refractivity (Wildman–Crippen MR) is 60.5 cm³/mol. The van der Waals surface area contributed by atoms with Gasteiger partial charge < -0.3 is 4.98 Å². The zero-order chi connectivity index (χ0) is 10.3. The number of aromatic nitrogens is 3. The summed E-state index contributed by atoms with van der Waals surface area (Å²) in [5.74, 6) is 0. The lowest BCUT2D eigenvalue weighted by Gasteiger charge is -2.01. The van der Waals surface area contributed by atoms with Crippen LogP contribution in [0, 0.1) is 0 Å². The van der Waals surface area contributed by atoms with Gasteiger partial charge in [-0.15, -0.1) is 0 Å². The molecule has 0 aliphatic rings. The lowest BCUT2D eigenvalue weighted by Crippen LogP contribution is -1.92. The molecular weight excluding hydrogens is 186 g/mol. The topological polar surface area (TPSA) is 33.6 Å². The Kier molecular flexibility index (Phi) is 1.65. The number of aromatic amines is 1. The van der Waals surface area contributed by atoms with Gasteiger partial charge in [0, 0.05) is 30.5 Å². The Morgan fingerprint density at radius 1 is 1.20 bits per heavy atom. The van der Waals surface area contributed by atoms with Crippen LogP contribution in [0.5, 0.6) is 0 Å². The van der Waals surface area contributed by atoms with Crippen LogP contribution in [0.3, 0.4) is 0 Å². The minimum Gasteiger partial charge on any atom is -0.361 e. The predicted octanol–water partition coefficient (Wildman–Crippen LogP) is 2.57. The molecule has 1 N–H and O–H groups in total. The van der Waals surface area contributed by atoms with E-state index in [9.17, 15) is 0 Å². The van der Waals surface area contributed by atoms with Gasteiger partial charge in [-0.2, -0.15) is 5.10 Å². The van der Waals surface area contributed by atoms with Crippen molar-refractivity contribution in [1.29, 1.82) is 0 Å². The average molecular weight is 197 g/mol. The molecule has 3 rings (SSSR count). The fourth-order valence-corrected chi connectivity index (χ4v) is 1.86. The summed E-state index contributed by atoms with van der Waals surface area (Å²) < 4.78 is 1.88. The van der Waals surface area contributed by atoms with Gasteiger partial charge in [-0.1, -0.05) is 12.1 Å². The molecule has 15 heavy (non-hydrogen) atoms. The first-order chi connectivity index (χ1) is 7.34. The van der Waals surface area contributed by atoms with Crippen LogP contribution in [0.15, 0.2) is 42.7 Å². The van der Waals surface area contributed by atoms with Crippen molar-refractivity contribution >= 4 is 10.9 Å². The van der Waals surface area contributed by atoms with Crippen molar-refractivity contribution < 1.29 is 0 Å². The van der Waals surface area contributed by atoms with Crippen molar-refractivity contribution in [3.63, 3.8) is 0 Å². The van der Waals surface area contributed by atoms with Crippen molar-refractivity contribution in [2.75, 3.05) is 0 Å². The van der Waals surface area contributed by atoms with E-state index < -0.39 is 0 Å². The number of nitrogens with one attached hydrogen (secondary N) is 1. The van der Waals surface area contributed by atoms with Gasteiger partial charge in [-0.05, 0) is 23.6 Å². The van der Waals surface area contributed by atoms with Crippen LogP contribution in [0.2, 0.25) is 0 Å². The second kappa shape index (κ2) is 2.98. The molecule has 0 fully saturated rings. The number of rotatable bonds is 1. The van der Waals surface area contributed by atoms with Crippen LogP contribution in [-0.4, -0.2) is 14.8 Å². The van der Waals surface area contributed by atoms with E-state index in [2.05, 4.69) is 34.3 Å². The Bertz CT molecular complexity index is 604. The molecule has 2 aromatic heterocycles. The Hall–Kier alpha value is -2.03. The van der Waals surface area contributed by atoms with Crippen molar-refractivity contribution in [2.45, 2.75) is 0 Å². The van der Waals surface area contributed by atoms with E-state index in [1.54, 1.807) is 0 Å². The highest BCUT2D eigenvalue weighted by Crippen LogP contribution is 2.22. The van der Waals surface area contributed by atoms with Crippen LogP contribution in [0.4, 0.5) is 0 Å². The van der Waals surface area contributed by atoms with Crippen molar-refractivity contribution in [3.8, 4) is 11.3 Å². The number of benzene rings is 1. The highest BCUT2D eigenvalue weighted by Gasteiger charge is 2.03. The molecule has 0 radical (unpaired) electrons. The minimum absolute atomic E-state index is 1.13. The maximum absolute atomic E-state index is 4.17. The van der Waals surface area contributed by atoms with E-state index in [1.165, 1.54) is 10.9 Å². The maximum atomic E-state index is 4.17. The molecule has 0 amide bonds. The quantitative estimate of drug-likeness (QED) is 0.639. The molecule has 0 saturated heterocycles. The lowest BCUT2D eigenvalue weighted by molar-refractivity contribution is 0.776. The third kappa shape index (κ3) is 1.24. The smallest absolute Gasteiger partial charge is 0.0679 e. The number of nitrogens with zero attached hydrogens (tertiary/aromatic N) is 2. The van der Waals surface area contributed by atoms with Crippen LogP contribution >= 0.6 is 0 Å². The molecule has 2 heterocycles. The van der Waals surface area contributed by atoms with Crippen LogP contribution in [-0.2, 0) is 7.05 Å². The van der Waals surface area contributed by atoms with Crippen molar-refractivity contribution in [1.82, 2.24) is 14.8 Å². The van der Waals surface area contributed by atoms with Gasteiger partial charge in [-0.3, -0.25) is 4.68 Å². The Morgan fingerprint density at radius 3 is 2.93 bits per heavy atom. The van der Waals surface area contributed by atoms with Crippen molar-refractivity contribution in [2.24, 2.45) is 7.05 Å². The molecule has 3 aromatic rings. The van der Waals surface area contributed by atoms with Crippen LogP contribution in [0.25, 0.3) is 22.2 Å². The van der Waals surface area contributed by atoms with E-state index in [0.29, 0.717) is 0 Å². The third-order valence-electron chi connectivity index (χ3n) is 2.67. The summed E-state index contributed by atoms with van der Waals surface area (Å²) >= 11 is 0. The number of aryl methyl sites for hydroxylation is 1. The average Bonchev–Trinajstić information content (AvgIpc) is 2.84. The van der Waals surface area contributed by atoms with Gasteiger partial charge >= 0.3 is 0 Å². The molecule has 3 nitrogen and oxygen atoms in total. The summed E-state index contributed by atoms with van der Waals surface area (Å²) in [5.41, 5.74) is 3.48. The fourth-order valence-electron chi connectivity index (χ4n) is 1.86. The zero-order valence-corrected chi connectivity index (χ0v) is 8.44. The SMILES string of the molecule is Cn1nccc1-c1ccc2cc[nH]c2c1. The van der Waals surface area contributed by atoms with E-state index >= 15 is 0 Å². The van der Waals surface area contributed by atoms with E-state index in [-0.39, 0.29) is 0 Å². The number of fused-ring (bicyclic) bond motifs is 1. The second-order valence-electron chi connectivity index (χ2n) is 3.62. The van der Waals surface area contributed by atoms with Gasteiger partial charge in [0.2, 0.25) is 0 Å². The normalized spacial score (nSPS) is 11.0. The van der Waals surface area contributed by atoms with Gasteiger partial charge in [0.05, 0.1) is 5.69 Å². The first kappa shape index (κ1) is 8.29. The summed E-state index contributed by atoms with van der Waals surface area (Å²) in [6, 6.07) is 10.5. The van der Waals surface area contributed by atoms with E-state index in [1.807, 2.05) is 30.2 Å². The highest BCUT2D eigenvalue weighted by molar-refractivity contribution is 5.84. The monoisotopic (exact) mass is 197 g/mol. The summed E-state index contributed by atoms with van der Waals surface area (Å²) in [5, 5.41) is 5.40. The standard InChI is InChI=1S/C12H11N3/c1-15-12(5-7-14-15)10-3-2-9-4-6-13-11(9)8-10/h2-8,13H,1H3. The van der Waals surface area contributed by atoms with Gasteiger partial charge in [0.15, 0.2) is 0 Å². The number of H-pyrrole nitrogens is 1. The highest BCUT2D eigenvalue weighted by atomic mass is 15.2. The Labute approximate surface area is 87.4 Å². The summed E-state index contributed by atoms with van der Waals surface area (Å²) in [6.07, 6.45) is 3.77. The van der Waals surface area contributed by atoms with Gasteiger partial charge in [0.25, 0.3) is 0 Å². The second-order valence-corrected chi connectivity index (χ2v) is 3.62. The van der Waals surface area contributed by atoms with Gasteiger partial charge in [0.1, 0.15) is 0 Å². The Balaban J connectivity index is 2.23. The summed E-state index contributed by atoms with van der Waals surface area (Å²) in [4.78, 5) is 3.21. The molecule has 0 saturated carbocycles. The van der Waals surface area contributed by atoms with Crippen LogP contribution < -0.4 is 0 Å². The number of hydrogen-bond acceptors (Lipinski definition) is 1. The molecule has 3 heteroatoms. The van der Waals surface area contributed by atoms with E-state index in [0.717, 1.165) is 11.2 Å². The summed E-state index contributed by atoms with van der Waals surface area (Å²) in [6.45, 7) is 0. The molecule has 0 aliphatic carbocycles. The van der Waals surface area contributed by atoms with E-state index in [4.69, 9.17) is 0 Å². The zero-order valence-electron chi connectivity index (χ0n) is 8.44. The first-order valence-corrected chi connectivity index (χ1v) is 4.90. The third-order valence-corrected chi connectivity index (χ3v) is 2.67. The summed E-state index contributed by atoms with van der Waals surface area (Å²) in [7, 11) is 1.95. The molecular formula is C12H11N3. The fraction of sp³-hybridized carbons (Fsp3) is 0.0833. The molecule has 0 aliphatic heterocycles.